The third-order valence-corrected chi connectivity index (χ3v) is 3.76. The fourth-order valence-electron chi connectivity index (χ4n) is 2.64. The summed E-state index contributed by atoms with van der Waals surface area (Å²) < 4.78 is 7.17. The topological polar surface area (TPSA) is 59.2 Å². The van der Waals surface area contributed by atoms with Crippen LogP contribution >= 0.6 is 0 Å². The number of fused-ring (bicyclic) bond motifs is 1. The van der Waals surface area contributed by atoms with Crippen molar-refractivity contribution in [1.82, 2.24) is 9.38 Å². The van der Waals surface area contributed by atoms with Gasteiger partial charge in [0.1, 0.15) is 11.3 Å². The molecule has 3 heterocycles. The van der Waals surface area contributed by atoms with E-state index in [9.17, 15) is 4.79 Å². The molecule has 24 heavy (non-hydrogen) atoms. The predicted octanol–water partition coefficient (Wildman–Crippen LogP) is 2.72. The highest BCUT2D eigenvalue weighted by atomic mass is 16.5. The van der Waals surface area contributed by atoms with E-state index < -0.39 is 0 Å². The van der Waals surface area contributed by atoms with Gasteiger partial charge in [0.25, 0.3) is 5.91 Å². The number of aliphatic imine (C=N–C) groups is 1. The molecule has 1 aliphatic rings. The number of nitrogens with zero attached hydrogens (tertiary/aromatic N) is 4. The Hall–Kier alpha value is -3.41. The first-order valence-corrected chi connectivity index (χ1v) is 7.44. The van der Waals surface area contributed by atoms with E-state index >= 15 is 0 Å². The molecule has 0 fully saturated rings. The molecule has 0 radical (unpaired) electrons. The number of pyridine rings is 1. The zero-order valence-electron chi connectivity index (χ0n) is 13.0. The average Bonchev–Trinajstić information content (AvgIpc) is 3.18. The zero-order valence-corrected chi connectivity index (χ0v) is 13.0. The van der Waals surface area contributed by atoms with Gasteiger partial charge in [0.15, 0.2) is 0 Å². The predicted molar refractivity (Wildman–Crippen MR) is 91.5 cm³/mol. The summed E-state index contributed by atoms with van der Waals surface area (Å²) in [7, 11) is 1.50. The minimum atomic E-state index is -0.232. The molecule has 0 atom stereocenters. The summed E-state index contributed by atoms with van der Waals surface area (Å²) in [5.74, 6) is -0.232. The van der Waals surface area contributed by atoms with E-state index in [0.29, 0.717) is 11.4 Å². The third kappa shape index (κ3) is 2.25. The standard InChI is InChI=1S/C18H14N4O2/c1-24-18-20-15(17(23)22(18)13-7-3-2-4-8-13)11-14-12-19-16-9-5-6-10-21(14)16/h2-12H,1H3/b15-11-. The molecular formula is C18H14N4O2. The van der Waals surface area contributed by atoms with Crippen molar-refractivity contribution in [3.8, 4) is 0 Å². The molecule has 4 rings (SSSR count). The quantitative estimate of drug-likeness (QED) is 0.683. The molecule has 2 aromatic heterocycles. The molecule has 0 spiro atoms. The van der Waals surface area contributed by atoms with Gasteiger partial charge in [-0.3, -0.25) is 4.79 Å². The SMILES string of the molecule is COC1=N/C(=C\c2cnc3ccccn23)C(=O)N1c1ccccc1. The summed E-state index contributed by atoms with van der Waals surface area (Å²) in [6, 6.07) is 15.3. The number of anilines is 1. The number of rotatable bonds is 2. The number of carbonyl (C=O) groups is 1. The number of ether oxygens (including phenoxy) is 1. The van der Waals surface area contributed by atoms with Gasteiger partial charge in [-0.2, -0.15) is 4.99 Å². The normalized spacial score (nSPS) is 16.0. The monoisotopic (exact) mass is 318 g/mol. The number of methoxy groups -OCH3 is 1. The van der Waals surface area contributed by atoms with Crippen molar-refractivity contribution in [1.29, 1.82) is 0 Å². The number of para-hydroxylation sites is 1. The molecule has 1 aromatic carbocycles. The Morgan fingerprint density at radius 3 is 2.67 bits per heavy atom. The number of amides is 1. The zero-order chi connectivity index (χ0) is 16.5. The summed E-state index contributed by atoms with van der Waals surface area (Å²) in [6.07, 6.45) is 5.32. The summed E-state index contributed by atoms with van der Waals surface area (Å²) in [4.78, 5) is 22.9. The molecule has 0 aliphatic carbocycles. The lowest BCUT2D eigenvalue weighted by atomic mass is 10.2. The van der Waals surface area contributed by atoms with E-state index in [-0.39, 0.29) is 11.9 Å². The minimum Gasteiger partial charge on any atom is -0.468 e. The van der Waals surface area contributed by atoms with Gasteiger partial charge in [-0.25, -0.2) is 9.88 Å². The molecule has 0 saturated carbocycles. The van der Waals surface area contributed by atoms with Crippen LogP contribution < -0.4 is 4.90 Å². The maximum absolute atomic E-state index is 12.8. The summed E-state index contributed by atoms with van der Waals surface area (Å²) in [5.41, 5.74) is 2.61. The maximum Gasteiger partial charge on any atom is 0.304 e. The van der Waals surface area contributed by atoms with Crippen molar-refractivity contribution in [2.24, 2.45) is 4.99 Å². The number of carbonyl (C=O) groups excluding carboxylic acids is 1. The van der Waals surface area contributed by atoms with Gasteiger partial charge < -0.3 is 9.14 Å². The lowest BCUT2D eigenvalue weighted by Crippen LogP contribution is -2.32. The van der Waals surface area contributed by atoms with Crippen molar-refractivity contribution in [2.75, 3.05) is 12.0 Å². The number of aromatic nitrogens is 2. The molecular weight excluding hydrogens is 304 g/mol. The van der Waals surface area contributed by atoms with E-state index in [4.69, 9.17) is 4.74 Å². The number of hydrogen-bond acceptors (Lipinski definition) is 4. The first-order valence-electron chi connectivity index (χ1n) is 7.44. The van der Waals surface area contributed by atoms with E-state index in [1.165, 1.54) is 12.0 Å². The van der Waals surface area contributed by atoms with Crippen molar-refractivity contribution >= 4 is 29.3 Å². The smallest absolute Gasteiger partial charge is 0.304 e. The van der Waals surface area contributed by atoms with E-state index in [2.05, 4.69) is 9.98 Å². The van der Waals surface area contributed by atoms with Gasteiger partial charge >= 0.3 is 6.02 Å². The minimum absolute atomic E-state index is 0.232. The molecule has 6 heteroatoms. The fourth-order valence-corrected chi connectivity index (χ4v) is 2.64. The Bertz CT molecular complexity index is 973. The van der Waals surface area contributed by atoms with Crippen LogP contribution in [-0.4, -0.2) is 28.4 Å². The summed E-state index contributed by atoms with van der Waals surface area (Å²) in [6.45, 7) is 0. The Labute approximate surface area is 138 Å². The number of imidazole rings is 1. The van der Waals surface area contributed by atoms with Crippen LogP contribution in [0.1, 0.15) is 5.69 Å². The Kier molecular flexibility index (Phi) is 3.35. The molecule has 1 amide bonds. The largest absolute Gasteiger partial charge is 0.468 e. The average molecular weight is 318 g/mol. The van der Waals surface area contributed by atoms with Gasteiger partial charge in [0.2, 0.25) is 0 Å². The van der Waals surface area contributed by atoms with Gasteiger partial charge in [-0.15, -0.1) is 0 Å². The second kappa shape index (κ2) is 5.66. The highest BCUT2D eigenvalue weighted by Crippen LogP contribution is 2.25. The second-order valence-electron chi connectivity index (χ2n) is 5.22. The highest BCUT2D eigenvalue weighted by molar-refractivity contribution is 6.26. The van der Waals surface area contributed by atoms with E-state index in [1.54, 1.807) is 12.3 Å². The van der Waals surface area contributed by atoms with Crippen LogP contribution in [0.2, 0.25) is 0 Å². The summed E-state index contributed by atoms with van der Waals surface area (Å²) >= 11 is 0. The Morgan fingerprint density at radius 1 is 1.08 bits per heavy atom. The van der Waals surface area contributed by atoms with Gasteiger partial charge in [-0.1, -0.05) is 24.3 Å². The van der Waals surface area contributed by atoms with Gasteiger partial charge in [-0.05, 0) is 30.3 Å². The van der Waals surface area contributed by atoms with Crippen LogP contribution in [0.5, 0.6) is 0 Å². The van der Waals surface area contributed by atoms with Crippen LogP contribution in [0.3, 0.4) is 0 Å². The third-order valence-electron chi connectivity index (χ3n) is 3.76. The molecule has 0 unspecified atom stereocenters. The number of hydrogen-bond donors (Lipinski definition) is 0. The van der Waals surface area contributed by atoms with Crippen molar-refractivity contribution < 1.29 is 9.53 Å². The van der Waals surface area contributed by atoms with Crippen LogP contribution in [-0.2, 0) is 9.53 Å². The first-order chi connectivity index (χ1) is 11.8. The number of amidine groups is 1. The molecule has 0 bridgehead atoms. The highest BCUT2D eigenvalue weighted by Gasteiger charge is 2.32. The van der Waals surface area contributed by atoms with Crippen LogP contribution in [0.4, 0.5) is 5.69 Å². The summed E-state index contributed by atoms with van der Waals surface area (Å²) in [5, 5.41) is 0. The maximum atomic E-state index is 12.8. The first kappa shape index (κ1) is 14.2. The Morgan fingerprint density at radius 2 is 1.88 bits per heavy atom. The molecule has 0 saturated heterocycles. The molecule has 3 aromatic rings. The van der Waals surface area contributed by atoms with Crippen LogP contribution in [0.25, 0.3) is 11.7 Å². The van der Waals surface area contributed by atoms with Crippen LogP contribution in [0, 0.1) is 0 Å². The molecule has 118 valence electrons. The van der Waals surface area contributed by atoms with E-state index in [0.717, 1.165) is 11.3 Å². The molecule has 1 aliphatic heterocycles. The molecule has 0 N–H and O–H groups in total. The van der Waals surface area contributed by atoms with Crippen LogP contribution in [0.15, 0.2) is 71.6 Å². The lowest BCUT2D eigenvalue weighted by Gasteiger charge is -2.16. The number of benzene rings is 1. The fraction of sp³-hybridized carbons (Fsp3) is 0.0556. The van der Waals surface area contributed by atoms with Crippen molar-refractivity contribution in [3.63, 3.8) is 0 Å². The Balaban J connectivity index is 1.77. The van der Waals surface area contributed by atoms with Gasteiger partial charge in [0, 0.05) is 6.20 Å². The second-order valence-corrected chi connectivity index (χ2v) is 5.22. The van der Waals surface area contributed by atoms with Gasteiger partial charge in [0.05, 0.1) is 24.7 Å². The molecule has 6 nitrogen and oxygen atoms in total. The van der Waals surface area contributed by atoms with Crippen molar-refractivity contribution in [3.05, 3.63) is 72.3 Å². The van der Waals surface area contributed by atoms with Crippen molar-refractivity contribution in [2.45, 2.75) is 0 Å². The van der Waals surface area contributed by atoms with E-state index in [1.807, 2.05) is 59.1 Å². The lowest BCUT2D eigenvalue weighted by molar-refractivity contribution is -0.113.